The first-order valence-electron chi connectivity index (χ1n) is 7.08. The highest BCUT2D eigenvalue weighted by molar-refractivity contribution is 5.77. The van der Waals surface area contributed by atoms with E-state index >= 15 is 0 Å². The lowest BCUT2D eigenvalue weighted by atomic mass is 10.2. The first-order chi connectivity index (χ1) is 9.46. The minimum atomic E-state index is -0.457. The van der Waals surface area contributed by atoms with Crippen LogP contribution in [0.3, 0.4) is 0 Å². The Balaban J connectivity index is 2.05. The average Bonchev–Trinajstić information content (AvgIpc) is 2.63. The van der Waals surface area contributed by atoms with Crippen molar-refractivity contribution >= 4 is 11.8 Å². The minimum absolute atomic E-state index is 0.194. The van der Waals surface area contributed by atoms with Gasteiger partial charge in [0, 0.05) is 19.3 Å². The van der Waals surface area contributed by atoms with Gasteiger partial charge in [0.25, 0.3) is 0 Å². The quantitative estimate of drug-likeness (QED) is 0.832. The number of anilines is 1. The van der Waals surface area contributed by atoms with Crippen LogP contribution in [-0.4, -0.2) is 42.2 Å². The summed E-state index contributed by atoms with van der Waals surface area (Å²) in [4.78, 5) is 18.7. The first-order valence-corrected chi connectivity index (χ1v) is 7.08. The van der Waals surface area contributed by atoms with Crippen LogP contribution in [0.4, 0.5) is 5.82 Å². The minimum Gasteiger partial charge on any atom is -0.459 e. The molecule has 0 aliphatic carbocycles. The van der Waals surface area contributed by atoms with Crippen molar-refractivity contribution in [2.24, 2.45) is 0 Å². The Bertz CT molecular complexity index is 442. The fraction of sp³-hybridized carbons (Fsp3) is 0.600. The van der Waals surface area contributed by atoms with Gasteiger partial charge in [-0.15, -0.1) is 0 Å². The van der Waals surface area contributed by atoms with Gasteiger partial charge < -0.3 is 15.0 Å². The van der Waals surface area contributed by atoms with Crippen molar-refractivity contribution in [3.8, 4) is 0 Å². The highest BCUT2D eigenvalue weighted by Gasteiger charge is 2.28. The Labute approximate surface area is 120 Å². The maximum absolute atomic E-state index is 12.2. The van der Waals surface area contributed by atoms with Gasteiger partial charge in [0.2, 0.25) is 0 Å². The summed E-state index contributed by atoms with van der Waals surface area (Å²) in [6, 6.07) is 5.52. The molecule has 1 aromatic heterocycles. The van der Waals surface area contributed by atoms with Gasteiger partial charge in [-0.25, -0.2) is 4.98 Å². The standard InChI is InChI=1S/C15H23N3O2/c1-15(2,3)20-14(19)12-11-18(10-6-9-16-12)13-7-4-5-8-17-13/h4-5,7-8,12,16H,6,9-11H2,1-3H3. The van der Waals surface area contributed by atoms with Crippen LogP contribution in [-0.2, 0) is 9.53 Å². The number of esters is 1. The lowest BCUT2D eigenvalue weighted by Gasteiger charge is -2.27. The molecule has 0 radical (unpaired) electrons. The average molecular weight is 277 g/mol. The van der Waals surface area contributed by atoms with E-state index in [0.717, 1.165) is 25.3 Å². The molecular formula is C15H23N3O2. The summed E-state index contributed by atoms with van der Waals surface area (Å²) in [7, 11) is 0. The molecule has 1 atom stereocenters. The number of carbonyl (C=O) groups excluding carboxylic acids is 1. The van der Waals surface area contributed by atoms with Crippen LogP contribution in [0.5, 0.6) is 0 Å². The van der Waals surface area contributed by atoms with E-state index < -0.39 is 5.60 Å². The highest BCUT2D eigenvalue weighted by Crippen LogP contribution is 2.15. The second-order valence-corrected chi connectivity index (χ2v) is 6.03. The molecular weight excluding hydrogens is 254 g/mol. The molecule has 0 aromatic carbocycles. The lowest BCUT2D eigenvalue weighted by molar-refractivity contribution is -0.157. The normalized spacial score (nSPS) is 20.4. The molecule has 1 saturated heterocycles. The SMILES string of the molecule is CC(C)(C)OC(=O)C1CN(c2ccccn2)CCCN1. The van der Waals surface area contributed by atoms with Gasteiger partial charge in [-0.3, -0.25) is 4.79 Å². The van der Waals surface area contributed by atoms with Gasteiger partial charge in [-0.2, -0.15) is 0 Å². The Morgan fingerprint density at radius 2 is 2.25 bits per heavy atom. The van der Waals surface area contributed by atoms with E-state index in [1.54, 1.807) is 6.20 Å². The smallest absolute Gasteiger partial charge is 0.325 e. The molecule has 0 amide bonds. The number of rotatable bonds is 2. The van der Waals surface area contributed by atoms with Crippen LogP contribution >= 0.6 is 0 Å². The molecule has 1 N–H and O–H groups in total. The second-order valence-electron chi connectivity index (χ2n) is 6.03. The Morgan fingerprint density at radius 3 is 2.90 bits per heavy atom. The second kappa shape index (κ2) is 6.22. The Kier molecular flexibility index (Phi) is 4.60. The third-order valence-electron chi connectivity index (χ3n) is 3.06. The zero-order valence-electron chi connectivity index (χ0n) is 12.4. The van der Waals surface area contributed by atoms with Gasteiger partial charge in [0.15, 0.2) is 0 Å². The number of hydrogen-bond donors (Lipinski definition) is 1. The van der Waals surface area contributed by atoms with Crippen molar-refractivity contribution in [1.82, 2.24) is 10.3 Å². The van der Waals surface area contributed by atoms with Crippen LogP contribution in [0, 0.1) is 0 Å². The number of pyridine rings is 1. The third-order valence-corrected chi connectivity index (χ3v) is 3.06. The van der Waals surface area contributed by atoms with Crippen LogP contribution in [0.15, 0.2) is 24.4 Å². The summed E-state index contributed by atoms with van der Waals surface area (Å²) < 4.78 is 5.47. The molecule has 1 aliphatic rings. The summed E-state index contributed by atoms with van der Waals surface area (Å²) in [6.45, 7) is 7.96. The molecule has 5 nitrogen and oxygen atoms in total. The van der Waals surface area contributed by atoms with Crippen LogP contribution in [0.25, 0.3) is 0 Å². The fourth-order valence-corrected chi connectivity index (χ4v) is 2.20. The maximum atomic E-state index is 12.2. The summed E-state index contributed by atoms with van der Waals surface area (Å²) in [6.07, 6.45) is 2.76. The van der Waals surface area contributed by atoms with E-state index in [9.17, 15) is 4.79 Å². The molecule has 5 heteroatoms. The molecule has 1 aliphatic heterocycles. The van der Waals surface area contributed by atoms with Gasteiger partial charge in [0.1, 0.15) is 17.5 Å². The molecule has 0 saturated carbocycles. The van der Waals surface area contributed by atoms with Gasteiger partial charge in [-0.1, -0.05) is 6.07 Å². The van der Waals surface area contributed by atoms with E-state index in [4.69, 9.17) is 4.74 Å². The molecule has 0 bridgehead atoms. The predicted octanol–water partition coefficient (Wildman–Crippen LogP) is 1.59. The van der Waals surface area contributed by atoms with E-state index in [-0.39, 0.29) is 12.0 Å². The van der Waals surface area contributed by atoms with E-state index in [0.29, 0.717) is 6.54 Å². The molecule has 2 rings (SSSR count). The number of nitrogens with one attached hydrogen (secondary N) is 1. The zero-order chi connectivity index (χ0) is 14.6. The van der Waals surface area contributed by atoms with Crippen molar-refractivity contribution < 1.29 is 9.53 Å². The molecule has 2 heterocycles. The van der Waals surface area contributed by atoms with Crippen molar-refractivity contribution in [2.75, 3.05) is 24.5 Å². The fourth-order valence-electron chi connectivity index (χ4n) is 2.20. The number of carbonyl (C=O) groups is 1. The summed E-state index contributed by atoms with van der Waals surface area (Å²) in [5.41, 5.74) is -0.457. The highest BCUT2D eigenvalue weighted by atomic mass is 16.6. The summed E-state index contributed by atoms with van der Waals surface area (Å²) in [5, 5.41) is 3.26. The van der Waals surface area contributed by atoms with E-state index in [2.05, 4.69) is 15.2 Å². The lowest BCUT2D eigenvalue weighted by Crippen LogP contribution is -2.46. The van der Waals surface area contributed by atoms with Crippen molar-refractivity contribution in [1.29, 1.82) is 0 Å². The molecule has 110 valence electrons. The van der Waals surface area contributed by atoms with Gasteiger partial charge in [-0.05, 0) is 45.9 Å². The van der Waals surface area contributed by atoms with Gasteiger partial charge in [0.05, 0.1) is 0 Å². The third kappa shape index (κ3) is 4.20. The van der Waals surface area contributed by atoms with E-state index in [1.165, 1.54) is 0 Å². The molecule has 0 spiro atoms. The summed E-state index contributed by atoms with van der Waals surface area (Å²) in [5.74, 6) is 0.713. The van der Waals surface area contributed by atoms with Crippen molar-refractivity contribution in [3.63, 3.8) is 0 Å². The topological polar surface area (TPSA) is 54.5 Å². The number of ether oxygens (including phenoxy) is 1. The van der Waals surface area contributed by atoms with Crippen LogP contribution < -0.4 is 10.2 Å². The van der Waals surface area contributed by atoms with Crippen LogP contribution in [0.2, 0.25) is 0 Å². The van der Waals surface area contributed by atoms with Crippen molar-refractivity contribution in [2.45, 2.75) is 38.8 Å². The summed E-state index contributed by atoms with van der Waals surface area (Å²) >= 11 is 0. The zero-order valence-corrected chi connectivity index (χ0v) is 12.4. The monoisotopic (exact) mass is 277 g/mol. The van der Waals surface area contributed by atoms with E-state index in [1.807, 2.05) is 39.0 Å². The van der Waals surface area contributed by atoms with Crippen molar-refractivity contribution in [3.05, 3.63) is 24.4 Å². The van der Waals surface area contributed by atoms with Gasteiger partial charge >= 0.3 is 5.97 Å². The number of nitrogens with zero attached hydrogens (tertiary/aromatic N) is 2. The van der Waals surface area contributed by atoms with Crippen LogP contribution in [0.1, 0.15) is 27.2 Å². The Morgan fingerprint density at radius 1 is 1.45 bits per heavy atom. The molecule has 1 fully saturated rings. The first kappa shape index (κ1) is 14.8. The molecule has 1 unspecified atom stereocenters. The largest absolute Gasteiger partial charge is 0.459 e. The maximum Gasteiger partial charge on any atom is 0.325 e. The Hall–Kier alpha value is -1.62. The molecule has 20 heavy (non-hydrogen) atoms. The predicted molar refractivity (Wildman–Crippen MR) is 78.7 cm³/mol. The number of aromatic nitrogens is 1. The molecule has 1 aromatic rings. The number of hydrogen-bond acceptors (Lipinski definition) is 5.